The number of carbonyl (C=O) groups is 9. The lowest BCUT2D eigenvalue weighted by Gasteiger charge is -2.31. The van der Waals surface area contributed by atoms with Gasteiger partial charge in [-0.15, -0.1) is 0 Å². The second kappa shape index (κ2) is 37.7. The third-order valence-corrected chi connectivity index (χ3v) is 18.2. The van der Waals surface area contributed by atoms with E-state index in [2.05, 4.69) is 52.9 Å². The van der Waals surface area contributed by atoms with E-state index >= 15 is 4.39 Å². The summed E-state index contributed by atoms with van der Waals surface area (Å²) in [6.45, 7) is 7.31. The van der Waals surface area contributed by atoms with E-state index in [1.807, 2.05) is 0 Å². The fraction of sp³-hybridized carbons (Fsp3) is 0.551. The van der Waals surface area contributed by atoms with Crippen LogP contribution in [0.4, 0.5) is 19.7 Å². The van der Waals surface area contributed by atoms with Crippen LogP contribution in [-0.2, 0) is 103 Å². The molecule has 34 heteroatoms. The van der Waals surface area contributed by atoms with Crippen LogP contribution in [-0.4, -0.2) is 179 Å². The van der Waals surface area contributed by atoms with Crippen LogP contribution >= 0.6 is 0 Å². The van der Waals surface area contributed by atoms with Crippen molar-refractivity contribution in [1.82, 2.24) is 46.8 Å². The van der Waals surface area contributed by atoms with Crippen molar-refractivity contribution in [2.45, 2.75) is 148 Å². The Morgan fingerprint density at radius 3 is 2.26 bits per heavy atom. The third kappa shape index (κ3) is 20.9. The van der Waals surface area contributed by atoms with Crippen molar-refractivity contribution >= 4 is 70.1 Å². The Balaban J connectivity index is 0.630. The topological polar surface area (TPSA) is 446 Å². The van der Waals surface area contributed by atoms with E-state index in [1.54, 1.807) is 63.5 Å². The molecular formula is C69H92FN14O19+. The number of carbonyl (C=O) groups excluding carboxylic acids is 9. The lowest BCUT2D eigenvalue weighted by atomic mass is 9.81. The van der Waals surface area contributed by atoms with Crippen LogP contribution in [0.5, 0.6) is 0 Å². The van der Waals surface area contributed by atoms with Crippen molar-refractivity contribution in [3.8, 4) is 11.4 Å². The number of fused-ring (bicyclic) bond motifs is 5. The largest absolute Gasteiger partial charge is 0.458 e. The summed E-state index contributed by atoms with van der Waals surface area (Å²) < 4.78 is 61.0. The number of esters is 1. The van der Waals surface area contributed by atoms with Crippen molar-refractivity contribution in [1.29, 1.82) is 0 Å². The smallest absolute Gasteiger partial charge is 0.407 e. The van der Waals surface area contributed by atoms with Gasteiger partial charge in [-0.25, -0.2) is 23.8 Å². The summed E-state index contributed by atoms with van der Waals surface area (Å²) in [6.07, 6.45) is 4.74. The Hall–Kier alpha value is -9.42. The second-order valence-corrected chi connectivity index (χ2v) is 25.7. The summed E-state index contributed by atoms with van der Waals surface area (Å²) >= 11 is 0. The molecule has 5 unspecified atom stereocenters. The number of hydrogen-bond donors (Lipinski definition) is 11. The molecule has 9 amide bonds. The normalized spacial score (nSPS) is 17.7. The molecule has 2 aromatic heterocycles. The van der Waals surface area contributed by atoms with Gasteiger partial charge in [0.15, 0.2) is 11.3 Å². The number of nitrogens with zero attached hydrogens (tertiary/aromatic N) is 4. The van der Waals surface area contributed by atoms with Gasteiger partial charge in [-0.05, 0) is 105 Å². The highest BCUT2D eigenvalue weighted by atomic mass is 19.1. The van der Waals surface area contributed by atoms with Gasteiger partial charge in [0.25, 0.3) is 5.56 Å². The van der Waals surface area contributed by atoms with E-state index in [9.17, 15) is 53.1 Å². The number of quaternary nitrogens is 1. The van der Waals surface area contributed by atoms with Gasteiger partial charge in [0.1, 0.15) is 69.4 Å². The summed E-state index contributed by atoms with van der Waals surface area (Å²) in [7, 11) is 0. The highest BCUT2D eigenvalue weighted by Gasteiger charge is 2.46. The molecule has 0 saturated heterocycles. The van der Waals surface area contributed by atoms with Gasteiger partial charge in [0, 0.05) is 53.0 Å². The number of amides is 9. The maximum Gasteiger partial charge on any atom is 0.407 e. The molecule has 13 N–H and O–H groups in total. The number of anilines is 1. The molecule has 558 valence electrons. The fourth-order valence-corrected chi connectivity index (χ4v) is 12.7. The van der Waals surface area contributed by atoms with Crippen LogP contribution in [0.25, 0.3) is 22.3 Å². The number of allylic oxidation sites excluding steroid dienone is 1. The van der Waals surface area contributed by atoms with E-state index in [0.717, 1.165) is 49.1 Å². The Labute approximate surface area is 592 Å². The number of pyridine rings is 2. The summed E-state index contributed by atoms with van der Waals surface area (Å²) in [5, 5.41) is 41.5. The lowest BCUT2D eigenvalue weighted by Crippen LogP contribution is -2.76. The number of aryl methyl sites for hydroxylation is 1. The number of nitrogens with two attached hydrogens (primary N) is 2. The molecule has 5 atom stereocenters. The average Bonchev–Trinajstić information content (AvgIpc) is 1.59. The lowest BCUT2D eigenvalue weighted by molar-refractivity contribution is -0.621. The molecule has 2 aromatic carbocycles. The number of urea groups is 1. The summed E-state index contributed by atoms with van der Waals surface area (Å²) in [4.78, 5) is 135. The number of benzene rings is 2. The van der Waals surface area contributed by atoms with Gasteiger partial charge in [-0.1, -0.05) is 50.9 Å². The molecule has 0 saturated carbocycles. The molecular weight excluding hydrogens is 1350 g/mol. The minimum Gasteiger partial charge on any atom is -0.458 e. The van der Waals surface area contributed by atoms with E-state index in [1.165, 1.54) is 10.6 Å². The average molecular weight is 1440 g/mol. The molecule has 103 heavy (non-hydrogen) atoms. The molecule has 0 bridgehead atoms. The number of primary amides is 1. The van der Waals surface area contributed by atoms with Crippen LogP contribution in [0.2, 0.25) is 0 Å². The number of halogens is 1. The predicted octanol–water partition coefficient (Wildman–Crippen LogP) is 1.74. The zero-order chi connectivity index (χ0) is 73.6. The molecule has 2 aliphatic carbocycles. The minimum absolute atomic E-state index is 0.0465. The van der Waals surface area contributed by atoms with E-state index in [0.29, 0.717) is 103 Å². The number of alkyl carbamates (subject to hydrolysis) is 1. The number of nitrogens with one attached hydrogen (secondary N) is 8. The molecule has 33 nitrogen and oxygen atoms in total. The predicted molar refractivity (Wildman–Crippen MR) is 364 cm³/mol. The SMILES string of the molecule is CCC1(O)C(=O)OCc2c1cc1n(c2=O)Cc2c-1nc1cc(F)c(C)c3c1c2C(NC(=O)COCNC(=O)CNC(=O)OCc1ccc(NC(=O)C(CCCNC(N)=O)NC(=O)C(NC(=O)CCOCCOCCOCCOCCNC(=O)COC2CCCCCC4=C2[NH2+]N=N4)C(C)C)cc1)CC3. The van der Waals surface area contributed by atoms with Gasteiger partial charge in [-0.3, -0.25) is 33.6 Å². The van der Waals surface area contributed by atoms with Crippen LogP contribution in [0.3, 0.4) is 0 Å². The number of hydrogen-bond acceptors (Lipinski definition) is 22. The fourth-order valence-electron chi connectivity index (χ4n) is 12.7. The van der Waals surface area contributed by atoms with E-state index < -0.39 is 109 Å². The van der Waals surface area contributed by atoms with Crippen LogP contribution in [0.15, 0.2) is 62.9 Å². The maximum absolute atomic E-state index is 15.4. The quantitative estimate of drug-likeness (QED) is 0.0116. The molecule has 0 spiro atoms. The Morgan fingerprint density at radius 1 is 0.796 bits per heavy atom. The molecule has 5 heterocycles. The summed E-state index contributed by atoms with van der Waals surface area (Å²) in [6, 6.07) is 5.57. The molecule has 9 rings (SSSR count). The maximum atomic E-state index is 15.4. The van der Waals surface area contributed by atoms with Crippen molar-refractivity contribution in [3.63, 3.8) is 0 Å². The first-order valence-electron chi connectivity index (χ1n) is 34.7. The van der Waals surface area contributed by atoms with E-state index in [-0.39, 0.29) is 102 Å². The number of rotatable bonds is 38. The first-order chi connectivity index (χ1) is 49.6. The number of cyclic esters (lactones) is 1. The zero-order valence-corrected chi connectivity index (χ0v) is 58.3. The molecule has 5 aliphatic rings. The first kappa shape index (κ1) is 77.7. The zero-order valence-electron chi connectivity index (χ0n) is 58.3. The van der Waals surface area contributed by atoms with Gasteiger partial charge in [0.2, 0.25) is 35.4 Å². The molecule has 3 aliphatic heterocycles. The minimum atomic E-state index is -2.06. The number of aromatic nitrogens is 2. The van der Waals surface area contributed by atoms with Gasteiger partial charge in [-0.2, -0.15) is 5.43 Å². The highest BCUT2D eigenvalue weighted by Crippen LogP contribution is 2.46. The van der Waals surface area contributed by atoms with Gasteiger partial charge in [0.05, 0.1) is 87.9 Å². The van der Waals surface area contributed by atoms with Gasteiger partial charge >= 0.3 is 18.1 Å². The molecule has 4 aromatic rings. The van der Waals surface area contributed by atoms with Crippen molar-refractivity contribution in [3.05, 3.63) is 103 Å². The standard InChI is InChI=1S/C69H91FN14O19/c1-5-69(95)46-30-52-61-44(33-84(52)65(91)45(46)35-102-66(69)92)59-48(18-17-43-40(4)47(70)31-51(78-61)58(43)59)77-57(88)36-100-38-75-55(86)32-74-68(94)103-34-41-13-15-42(16-14-41)76-63(89)50(11-9-20-73-67(71)93)79-64(90)60(39(2)3)80-54(85)19-22-96-24-26-98-28-29-99-27-25-97-23-21-72-56(87)37-101-53-12-8-6-7-10-49-62(53)82-83-81-49/h13-16,30-31,39,48,50,53,60,95H,5-12,17-29,32-38H2,1-4H3,(H,72,87)(H,74,94)(H,75,86)(H,76,89)(H,77,88)(H,79,90)(H,80,85)(H3,71,73,93)(H,81,82,83)/p+1. The highest BCUT2D eigenvalue weighted by molar-refractivity contribution is 5.99. The molecule has 0 radical (unpaired) electrons. The Morgan fingerprint density at radius 2 is 1.53 bits per heavy atom. The second-order valence-electron chi connectivity index (χ2n) is 25.7. The van der Waals surface area contributed by atoms with Crippen molar-refractivity contribution in [2.75, 3.05) is 97.8 Å². The van der Waals surface area contributed by atoms with Crippen LogP contribution < -0.4 is 59.3 Å². The number of ether oxygens (including phenoxy) is 8. The molecule has 0 fully saturated rings. The van der Waals surface area contributed by atoms with Crippen LogP contribution in [0, 0.1) is 18.7 Å². The van der Waals surface area contributed by atoms with Crippen molar-refractivity contribution in [2.24, 2.45) is 22.0 Å². The monoisotopic (exact) mass is 1440 g/mol. The van der Waals surface area contributed by atoms with Crippen molar-refractivity contribution < 1.29 is 96.0 Å². The Kier molecular flexibility index (Phi) is 28.4. The number of aliphatic hydroxyl groups is 1. The first-order valence-corrected chi connectivity index (χ1v) is 34.7. The Bertz CT molecular complexity index is 3890. The summed E-state index contributed by atoms with van der Waals surface area (Å²) in [5.74, 6) is -4.85. The van der Waals surface area contributed by atoms with E-state index in [4.69, 9.17) is 48.6 Å². The summed E-state index contributed by atoms with van der Waals surface area (Å²) in [5.41, 5.74) is 10.9. The van der Waals surface area contributed by atoms with Crippen LogP contribution in [0.1, 0.15) is 130 Å². The third-order valence-electron chi connectivity index (χ3n) is 18.2. The van der Waals surface area contributed by atoms with Gasteiger partial charge < -0.3 is 95.8 Å².